The van der Waals surface area contributed by atoms with Crippen LogP contribution in [0.3, 0.4) is 0 Å². The van der Waals surface area contributed by atoms with E-state index in [0.717, 1.165) is 24.4 Å². The van der Waals surface area contributed by atoms with Gasteiger partial charge in [0.25, 0.3) is 11.9 Å². The van der Waals surface area contributed by atoms with E-state index in [1.165, 1.54) is 24.1 Å². The second-order valence-corrected chi connectivity index (χ2v) is 5.92. The molecule has 2 heterocycles. The monoisotopic (exact) mass is 329 g/mol. The molecule has 0 fully saturated rings. The third kappa shape index (κ3) is 3.75. The van der Waals surface area contributed by atoms with Crippen LogP contribution in [0.4, 0.5) is 0 Å². The Hall–Kier alpha value is -2.37. The summed E-state index contributed by atoms with van der Waals surface area (Å²) < 4.78 is 10.5. The Morgan fingerprint density at radius 2 is 2.12 bits per heavy atom. The normalized spacial score (nSPS) is 13.4. The first-order valence-corrected chi connectivity index (χ1v) is 8.53. The second-order valence-electron chi connectivity index (χ2n) is 5.92. The van der Waals surface area contributed by atoms with Gasteiger partial charge in [-0.1, -0.05) is 0 Å². The van der Waals surface area contributed by atoms with Gasteiger partial charge in [0, 0.05) is 30.4 Å². The van der Waals surface area contributed by atoms with E-state index in [4.69, 9.17) is 9.15 Å². The van der Waals surface area contributed by atoms with Crippen molar-refractivity contribution in [2.24, 2.45) is 0 Å². The lowest BCUT2D eigenvalue weighted by Gasteiger charge is -2.17. The molecule has 0 saturated heterocycles. The number of ether oxygens (including phenoxy) is 1. The van der Waals surface area contributed by atoms with Crippen LogP contribution in [0.1, 0.15) is 53.1 Å². The van der Waals surface area contributed by atoms with Gasteiger partial charge in [0.2, 0.25) is 0 Å². The van der Waals surface area contributed by atoms with Crippen LogP contribution in [-0.2, 0) is 19.3 Å². The molecule has 0 unspecified atom stereocenters. The smallest absolute Gasteiger partial charge is 0.287 e. The van der Waals surface area contributed by atoms with Gasteiger partial charge in [0.1, 0.15) is 5.82 Å². The van der Waals surface area contributed by atoms with Crippen molar-refractivity contribution in [2.75, 3.05) is 13.2 Å². The number of hydrogen-bond donors (Lipinski definition) is 1. The van der Waals surface area contributed by atoms with Gasteiger partial charge in [-0.3, -0.25) is 4.79 Å². The Balaban J connectivity index is 1.56. The summed E-state index contributed by atoms with van der Waals surface area (Å²) in [7, 11) is 0. The number of fused-ring (bicyclic) bond motifs is 1. The summed E-state index contributed by atoms with van der Waals surface area (Å²) in [5, 5.41) is 2.83. The van der Waals surface area contributed by atoms with Crippen molar-refractivity contribution in [3.63, 3.8) is 0 Å². The van der Waals surface area contributed by atoms with Gasteiger partial charge in [-0.15, -0.1) is 0 Å². The average Bonchev–Trinajstić information content (AvgIpc) is 3.04. The van der Waals surface area contributed by atoms with Gasteiger partial charge in [0.05, 0.1) is 6.61 Å². The molecular formula is C18H23N3O3. The molecule has 1 amide bonds. The molecule has 128 valence electrons. The molecule has 0 aliphatic heterocycles. The summed E-state index contributed by atoms with van der Waals surface area (Å²) in [5.41, 5.74) is 3.57. The molecule has 0 atom stereocenters. The van der Waals surface area contributed by atoms with Crippen molar-refractivity contribution in [2.45, 2.75) is 46.0 Å². The van der Waals surface area contributed by atoms with Crippen molar-refractivity contribution >= 4 is 5.91 Å². The van der Waals surface area contributed by atoms with Gasteiger partial charge in [0.15, 0.2) is 5.76 Å². The topological polar surface area (TPSA) is 77.2 Å². The van der Waals surface area contributed by atoms with E-state index >= 15 is 0 Å². The van der Waals surface area contributed by atoms with Crippen molar-refractivity contribution in [3.8, 4) is 5.95 Å². The molecule has 1 aliphatic rings. The maximum absolute atomic E-state index is 12.1. The maximum Gasteiger partial charge on any atom is 0.287 e. The number of carbonyl (C=O) groups is 1. The number of aromatic nitrogens is 2. The summed E-state index contributed by atoms with van der Waals surface area (Å²) in [6.07, 6.45) is 5.14. The van der Waals surface area contributed by atoms with Crippen LogP contribution in [0.2, 0.25) is 0 Å². The molecule has 6 heteroatoms. The van der Waals surface area contributed by atoms with Crippen LogP contribution in [-0.4, -0.2) is 29.0 Å². The number of hydrogen-bond acceptors (Lipinski definition) is 5. The molecule has 0 saturated carbocycles. The van der Waals surface area contributed by atoms with Crippen molar-refractivity contribution in [3.05, 3.63) is 40.7 Å². The number of nitrogens with zero attached hydrogens (tertiary/aromatic N) is 2. The fourth-order valence-electron chi connectivity index (χ4n) is 2.99. The Kier molecular flexibility index (Phi) is 5.13. The lowest BCUT2D eigenvalue weighted by Crippen LogP contribution is -2.26. The quantitative estimate of drug-likeness (QED) is 0.881. The fraction of sp³-hybridized carbons (Fsp3) is 0.500. The molecule has 1 N–H and O–H groups in total. The van der Waals surface area contributed by atoms with E-state index in [9.17, 15) is 4.79 Å². The van der Waals surface area contributed by atoms with Gasteiger partial charge in [-0.05, 0) is 51.2 Å². The first-order chi connectivity index (χ1) is 11.7. The lowest BCUT2D eigenvalue weighted by atomic mass is 9.95. The van der Waals surface area contributed by atoms with E-state index in [2.05, 4.69) is 15.3 Å². The summed E-state index contributed by atoms with van der Waals surface area (Å²) >= 11 is 0. The first kappa shape index (κ1) is 16.5. The van der Waals surface area contributed by atoms with Crippen molar-refractivity contribution < 1.29 is 13.9 Å². The summed E-state index contributed by atoms with van der Waals surface area (Å²) in [4.78, 5) is 21.3. The standard InChI is InChI=1S/C18H23N3O3/c1-3-23-17-9-8-15(24-17)18(22)19-11-10-16-20-12(2)13-6-4-5-7-14(13)21-16/h8-9H,3-7,10-11H2,1-2H3,(H,19,22). The molecule has 0 radical (unpaired) electrons. The summed E-state index contributed by atoms with van der Waals surface area (Å²) in [6, 6.07) is 3.26. The predicted octanol–water partition coefficient (Wildman–Crippen LogP) is 2.63. The molecule has 2 aromatic rings. The third-order valence-electron chi connectivity index (χ3n) is 4.16. The Bertz CT molecular complexity index is 724. The number of carbonyl (C=O) groups excluding carboxylic acids is 1. The number of amides is 1. The minimum atomic E-state index is -0.254. The fourth-order valence-corrected chi connectivity index (χ4v) is 2.99. The molecule has 0 spiro atoms. The van der Waals surface area contributed by atoms with E-state index in [1.807, 2.05) is 13.8 Å². The first-order valence-electron chi connectivity index (χ1n) is 8.53. The largest absolute Gasteiger partial charge is 0.465 e. The number of aryl methyl sites for hydroxylation is 2. The number of furan rings is 1. The molecule has 1 aliphatic carbocycles. The highest BCUT2D eigenvalue weighted by Crippen LogP contribution is 2.21. The van der Waals surface area contributed by atoms with Crippen LogP contribution in [0, 0.1) is 6.92 Å². The van der Waals surface area contributed by atoms with Gasteiger partial charge in [-0.2, -0.15) is 0 Å². The van der Waals surface area contributed by atoms with Gasteiger partial charge in [-0.25, -0.2) is 9.97 Å². The molecule has 6 nitrogen and oxygen atoms in total. The van der Waals surface area contributed by atoms with Crippen LogP contribution < -0.4 is 10.1 Å². The zero-order valence-electron chi connectivity index (χ0n) is 14.2. The highest BCUT2D eigenvalue weighted by molar-refractivity contribution is 5.91. The van der Waals surface area contributed by atoms with E-state index in [-0.39, 0.29) is 11.7 Å². The minimum absolute atomic E-state index is 0.251. The van der Waals surface area contributed by atoms with Gasteiger partial charge >= 0.3 is 0 Å². The molecular weight excluding hydrogens is 306 g/mol. The Morgan fingerprint density at radius 1 is 1.29 bits per heavy atom. The van der Waals surface area contributed by atoms with Crippen LogP contribution in [0.15, 0.2) is 16.5 Å². The second kappa shape index (κ2) is 7.47. The van der Waals surface area contributed by atoms with E-state index in [1.54, 1.807) is 12.1 Å². The summed E-state index contributed by atoms with van der Waals surface area (Å²) in [6.45, 7) is 4.89. The average molecular weight is 329 g/mol. The summed E-state index contributed by atoms with van der Waals surface area (Å²) in [5.74, 6) is 1.15. The van der Waals surface area contributed by atoms with Crippen molar-refractivity contribution in [1.82, 2.24) is 15.3 Å². The van der Waals surface area contributed by atoms with Crippen LogP contribution >= 0.6 is 0 Å². The minimum Gasteiger partial charge on any atom is -0.465 e. The third-order valence-corrected chi connectivity index (χ3v) is 4.16. The Morgan fingerprint density at radius 3 is 2.96 bits per heavy atom. The number of rotatable bonds is 6. The molecule has 0 aromatic carbocycles. The highest BCUT2D eigenvalue weighted by Gasteiger charge is 2.16. The van der Waals surface area contributed by atoms with Crippen molar-refractivity contribution in [1.29, 1.82) is 0 Å². The number of nitrogens with one attached hydrogen (secondary N) is 1. The Labute approximate surface area is 141 Å². The maximum atomic E-state index is 12.1. The lowest BCUT2D eigenvalue weighted by molar-refractivity contribution is 0.0918. The molecule has 3 rings (SSSR count). The predicted molar refractivity (Wildman–Crippen MR) is 89.3 cm³/mol. The molecule has 24 heavy (non-hydrogen) atoms. The van der Waals surface area contributed by atoms with E-state index < -0.39 is 0 Å². The van der Waals surface area contributed by atoms with Crippen LogP contribution in [0.25, 0.3) is 0 Å². The highest BCUT2D eigenvalue weighted by atomic mass is 16.6. The van der Waals surface area contributed by atoms with Gasteiger partial charge < -0.3 is 14.5 Å². The molecule has 0 bridgehead atoms. The van der Waals surface area contributed by atoms with Crippen LogP contribution in [0.5, 0.6) is 5.95 Å². The van der Waals surface area contributed by atoms with E-state index in [0.29, 0.717) is 25.5 Å². The SMILES string of the molecule is CCOc1ccc(C(=O)NCCc2nc(C)c3c(n2)CCCC3)o1. The zero-order valence-corrected chi connectivity index (χ0v) is 14.2. The molecule has 2 aromatic heterocycles. The zero-order chi connectivity index (χ0) is 16.9.